The third-order valence-corrected chi connectivity index (χ3v) is 11.5. The third kappa shape index (κ3) is 53.2. The number of carbonyl (C=O) groups excluding carboxylic acids is 3. The summed E-state index contributed by atoms with van der Waals surface area (Å²) in [7, 11) is 0. The molecule has 0 bridgehead atoms. The standard InChI is InChI=1S/C61H102O6/c1-4-7-10-13-16-19-22-25-28-30-33-36-39-42-45-48-51-54-60(63)66-57-58(56-65-59(62)53-50-47-44-41-38-35-32-27-24-21-18-15-12-9-6-3)67-61(64)55-52-49-46-43-40-37-34-31-29-26-23-20-17-14-11-8-5-2/h7,10,16,19,21,24-26,28-29,33-34,36-37,43,46,58H,4-6,8-9,11-15,17-18,20,22-23,27,30-32,35,38-42,44-45,47-57H2,1-3H3/b10-7-,19-16-,24-21-,28-25-,29-26-,36-33-,37-34-,46-43-/t58-/m0/s1. The van der Waals surface area contributed by atoms with Crippen molar-refractivity contribution >= 4 is 17.9 Å². The van der Waals surface area contributed by atoms with Crippen LogP contribution in [0.1, 0.15) is 252 Å². The van der Waals surface area contributed by atoms with Crippen LogP contribution in [-0.4, -0.2) is 37.2 Å². The predicted octanol–water partition coefficient (Wildman–Crippen LogP) is 18.5. The first-order valence-electron chi connectivity index (χ1n) is 27.7. The zero-order chi connectivity index (χ0) is 48.6. The van der Waals surface area contributed by atoms with Gasteiger partial charge in [-0.3, -0.25) is 14.4 Å². The number of ether oxygens (including phenoxy) is 3. The Morgan fingerprint density at radius 2 is 0.597 bits per heavy atom. The minimum atomic E-state index is -0.817. The molecule has 0 N–H and O–H groups in total. The monoisotopic (exact) mass is 931 g/mol. The van der Waals surface area contributed by atoms with Crippen LogP contribution in [0.25, 0.3) is 0 Å². The molecule has 0 aromatic carbocycles. The van der Waals surface area contributed by atoms with Crippen LogP contribution >= 0.6 is 0 Å². The maximum Gasteiger partial charge on any atom is 0.306 e. The summed E-state index contributed by atoms with van der Waals surface area (Å²) in [4.78, 5) is 38.1. The summed E-state index contributed by atoms with van der Waals surface area (Å²) >= 11 is 0. The van der Waals surface area contributed by atoms with Gasteiger partial charge in [0.15, 0.2) is 6.10 Å². The van der Waals surface area contributed by atoms with E-state index in [0.717, 1.165) is 96.3 Å². The highest BCUT2D eigenvalue weighted by atomic mass is 16.6. The molecular weight excluding hydrogens is 829 g/mol. The number of hydrogen-bond acceptors (Lipinski definition) is 6. The summed E-state index contributed by atoms with van der Waals surface area (Å²) < 4.78 is 16.8. The first kappa shape index (κ1) is 63.3. The van der Waals surface area contributed by atoms with Gasteiger partial charge in [-0.05, 0) is 116 Å². The molecule has 0 rings (SSSR count). The van der Waals surface area contributed by atoms with E-state index in [4.69, 9.17) is 14.2 Å². The molecule has 0 heterocycles. The Balaban J connectivity index is 4.52. The lowest BCUT2D eigenvalue weighted by Crippen LogP contribution is -2.30. The van der Waals surface area contributed by atoms with E-state index in [1.54, 1.807) is 0 Å². The van der Waals surface area contributed by atoms with Crippen molar-refractivity contribution < 1.29 is 28.6 Å². The second kappa shape index (κ2) is 54.9. The Kier molecular flexibility index (Phi) is 51.9. The lowest BCUT2D eigenvalue weighted by Gasteiger charge is -2.18. The van der Waals surface area contributed by atoms with E-state index in [1.807, 2.05) is 0 Å². The van der Waals surface area contributed by atoms with Crippen molar-refractivity contribution in [2.45, 2.75) is 258 Å². The predicted molar refractivity (Wildman–Crippen MR) is 288 cm³/mol. The molecule has 6 heteroatoms. The molecule has 0 unspecified atom stereocenters. The number of hydrogen-bond donors (Lipinski definition) is 0. The van der Waals surface area contributed by atoms with Crippen LogP contribution in [0.15, 0.2) is 97.2 Å². The Labute approximate surface area is 413 Å². The molecule has 0 spiro atoms. The van der Waals surface area contributed by atoms with Gasteiger partial charge in [-0.1, -0.05) is 214 Å². The van der Waals surface area contributed by atoms with Crippen molar-refractivity contribution in [3.8, 4) is 0 Å². The molecule has 0 saturated heterocycles. The summed E-state index contributed by atoms with van der Waals surface area (Å²) in [5.74, 6) is -0.990. The van der Waals surface area contributed by atoms with Gasteiger partial charge < -0.3 is 14.2 Å². The van der Waals surface area contributed by atoms with E-state index in [0.29, 0.717) is 19.3 Å². The zero-order valence-corrected chi connectivity index (χ0v) is 43.6. The van der Waals surface area contributed by atoms with Gasteiger partial charge in [0.1, 0.15) is 13.2 Å². The molecule has 6 nitrogen and oxygen atoms in total. The summed E-state index contributed by atoms with van der Waals surface area (Å²) in [6.45, 7) is 6.44. The van der Waals surface area contributed by atoms with Crippen molar-refractivity contribution in [1.82, 2.24) is 0 Å². The Bertz CT molecular complexity index is 1350. The Morgan fingerprint density at radius 1 is 0.313 bits per heavy atom. The molecule has 0 aliphatic rings. The highest BCUT2D eigenvalue weighted by Crippen LogP contribution is 2.13. The van der Waals surface area contributed by atoms with Crippen molar-refractivity contribution in [3.05, 3.63) is 97.2 Å². The molecule has 0 saturated carbocycles. The van der Waals surface area contributed by atoms with E-state index in [1.165, 1.54) is 109 Å². The lowest BCUT2D eigenvalue weighted by molar-refractivity contribution is -0.167. The van der Waals surface area contributed by atoms with Crippen LogP contribution in [0.4, 0.5) is 0 Å². The van der Waals surface area contributed by atoms with E-state index in [-0.39, 0.29) is 37.5 Å². The summed E-state index contributed by atoms with van der Waals surface area (Å²) in [6, 6.07) is 0. The van der Waals surface area contributed by atoms with Crippen molar-refractivity contribution in [1.29, 1.82) is 0 Å². The summed E-state index contributed by atoms with van der Waals surface area (Å²) in [5, 5.41) is 0. The Morgan fingerprint density at radius 3 is 0.985 bits per heavy atom. The smallest absolute Gasteiger partial charge is 0.306 e. The summed E-state index contributed by atoms with van der Waals surface area (Å²) in [5.41, 5.74) is 0. The van der Waals surface area contributed by atoms with Crippen molar-refractivity contribution in [3.63, 3.8) is 0 Å². The molecule has 0 radical (unpaired) electrons. The van der Waals surface area contributed by atoms with Crippen LogP contribution in [0.3, 0.4) is 0 Å². The number of allylic oxidation sites excluding steroid dienone is 16. The minimum Gasteiger partial charge on any atom is -0.462 e. The number of esters is 3. The maximum atomic E-state index is 12.8. The van der Waals surface area contributed by atoms with Gasteiger partial charge in [0, 0.05) is 19.3 Å². The van der Waals surface area contributed by atoms with Gasteiger partial charge >= 0.3 is 17.9 Å². The number of unbranched alkanes of at least 4 members (excludes halogenated alkanes) is 22. The van der Waals surface area contributed by atoms with Gasteiger partial charge in [0.25, 0.3) is 0 Å². The number of rotatable bonds is 49. The molecule has 0 aliphatic carbocycles. The Hall–Kier alpha value is -3.67. The molecule has 0 aromatic heterocycles. The van der Waals surface area contributed by atoms with Crippen LogP contribution in [0.2, 0.25) is 0 Å². The highest BCUT2D eigenvalue weighted by molar-refractivity contribution is 5.71. The second-order valence-electron chi connectivity index (χ2n) is 18.1. The summed E-state index contributed by atoms with van der Waals surface area (Å²) in [6.07, 6.45) is 72.5. The van der Waals surface area contributed by atoms with Crippen LogP contribution < -0.4 is 0 Å². The van der Waals surface area contributed by atoms with Crippen molar-refractivity contribution in [2.75, 3.05) is 13.2 Å². The van der Waals surface area contributed by atoms with Crippen LogP contribution in [0.5, 0.6) is 0 Å². The molecule has 382 valence electrons. The highest BCUT2D eigenvalue weighted by Gasteiger charge is 2.19. The quantitative estimate of drug-likeness (QED) is 0.0262. The fourth-order valence-electron chi connectivity index (χ4n) is 7.38. The minimum absolute atomic E-state index is 0.108. The van der Waals surface area contributed by atoms with E-state index >= 15 is 0 Å². The van der Waals surface area contributed by atoms with Crippen LogP contribution in [0, 0.1) is 0 Å². The van der Waals surface area contributed by atoms with E-state index < -0.39 is 6.10 Å². The average molecular weight is 931 g/mol. The molecule has 0 fully saturated rings. The van der Waals surface area contributed by atoms with E-state index in [2.05, 4.69) is 118 Å². The van der Waals surface area contributed by atoms with Gasteiger partial charge in [0.2, 0.25) is 0 Å². The molecule has 67 heavy (non-hydrogen) atoms. The fraction of sp³-hybridized carbons (Fsp3) is 0.689. The first-order valence-corrected chi connectivity index (χ1v) is 27.7. The van der Waals surface area contributed by atoms with E-state index in [9.17, 15) is 14.4 Å². The first-order chi connectivity index (χ1) is 33.0. The average Bonchev–Trinajstić information content (AvgIpc) is 3.33. The normalized spacial score (nSPS) is 12.8. The molecule has 0 aliphatic heterocycles. The van der Waals surface area contributed by atoms with Gasteiger partial charge in [-0.25, -0.2) is 0 Å². The van der Waals surface area contributed by atoms with Crippen LogP contribution in [-0.2, 0) is 28.6 Å². The molecular formula is C61H102O6. The second-order valence-corrected chi connectivity index (χ2v) is 18.1. The zero-order valence-electron chi connectivity index (χ0n) is 43.6. The molecule has 0 amide bonds. The topological polar surface area (TPSA) is 78.9 Å². The number of carbonyl (C=O) groups is 3. The van der Waals surface area contributed by atoms with Gasteiger partial charge in [-0.2, -0.15) is 0 Å². The van der Waals surface area contributed by atoms with Gasteiger partial charge in [0.05, 0.1) is 0 Å². The SMILES string of the molecule is CC/C=C\C/C=C\C/C=C\C/C=C\CCCCCCC(=O)OC[C@H](COC(=O)CCCCCCCCC/C=C\CCCCCC)OC(=O)CCC/C=C\C/C=C\C/C=C\CCCCCCCC. The third-order valence-electron chi connectivity index (χ3n) is 11.5. The largest absolute Gasteiger partial charge is 0.462 e. The van der Waals surface area contributed by atoms with Crippen molar-refractivity contribution in [2.24, 2.45) is 0 Å². The molecule has 1 atom stereocenters. The lowest BCUT2D eigenvalue weighted by atomic mass is 10.1. The maximum absolute atomic E-state index is 12.8. The molecule has 0 aromatic rings. The fourth-order valence-corrected chi connectivity index (χ4v) is 7.38. The van der Waals surface area contributed by atoms with Gasteiger partial charge in [-0.15, -0.1) is 0 Å².